The molecular formula is C15H19F3N2O3S. The summed E-state index contributed by atoms with van der Waals surface area (Å²) in [6, 6.07) is 4.93. The maximum Gasteiger partial charge on any atom is 0.501 e. The van der Waals surface area contributed by atoms with E-state index in [1.54, 1.807) is 0 Å². The third kappa shape index (κ3) is 4.47. The fourth-order valence-corrected chi connectivity index (χ4v) is 3.45. The van der Waals surface area contributed by atoms with Crippen LogP contribution >= 0.6 is 0 Å². The molecule has 5 nitrogen and oxygen atoms in total. The summed E-state index contributed by atoms with van der Waals surface area (Å²) in [4.78, 5) is 12.4. The summed E-state index contributed by atoms with van der Waals surface area (Å²) in [5.41, 5.74) is -4.55. The fourth-order valence-electron chi connectivity index (χ4n) is 2.69. The van der Waals surface area contributed by atoms with Gasteiger partial charge in [-0.2, -0.15) is 13.2 Å². The minimum Gasteiger partial charge on any atom is -0.354 e. The van der Waals surface area contributed by atoms with Crippen molar-refractivity contribution in [1.29, 1.82) is 0 Å². The van der Waals surface area contributed by atoms with Crippen LogP contribution in [0.4, 0.5) is 13.2 Å². The number of hydrogen-bond donors (Lipinski definition) is 1. The molecule has 1 aromatic carbocycles. The Morgan fingerprint density at radius 1 is 1.21 bits per heavy atom. The molecule has 1 fully saturated rings. The van der Waals surface area contributed by atoms with E-state index >= 15 is 0 Å². The molecule has 0 unspecified atom stereocenters. The first-order chi connectivity index (χ1) is 11.1. The molecule has 1 saturated heterocycles. The van der Waals surface area contributed by atoms with Crippen LogP contribution in [-0.4, -0.2) is 43.9 Å². The first-order valence-corrected chi connectivity index (χ1v) is 8.97. The molecule has 9 heteroatoms. The average Bonchev–Trinajstić information content (AvgIpc) is 2.48. The Morgan fingerprint density at radius 2 is 1.75 bits per heavy atom. The van der Waals surface area contributed by atoms with Gasteiger partial charge in [-0.05, 0) is 30.5 Å². The van der Waals surface area contributed by atoms with Gasteiger partial charge in [-0.1, -0.05) is 12.1 Å². The van der Waals surface area contributed by atoms with Crippen LogP contribution in [0.1, 0.15) is 25.3 Å². The quantitative estimate of drug-likeness (QED) is 0.888. The molecule has 2 rings (SSSR count). The second-order valence-corrected chi connectivity index (χ2v) is 7.79. The molecule has 0 spiro atoms. The van der Waals surface area contributed by atoms with Crippen LogP contribution in [0, 0.1) is 0 Å². The van der Waals surface area contributed by atoms with Gasteiger partial charge in [0.15, 0.2) is 0 Å². The third-order valence-corrected chi connectivity index (χ3v) is 5.44. The Morgan fingerprint density at radius 3 is 2.21 bits per heavy atom. The lowest BCUT2D eigenvalue weighted by atomic mass is 10.0. The number of alkyl halides is 3. The summed E-state index contributed by atoms with van der Waals surface area (Å²) in [5, 5.41) is 2.87. The Labute approximate surface area is 138 Å². The molecule has 1 amide bonds. The molecule has 0 bridgehead atoms. The highest BCUT2D eigenvalue weighted by Crippen LogP contribution is 2.30. The summed E-state index contributed by atoms with van der Waals surface area (Å²) in [7, 11) is -5.30. The number of piperidine rings is 1. The molecule has 1 heterocycles. The van der Waals surface area contributed by atoms with Gasteiger partial charge >= 0.3 is 5.51 Å². The van der Waals surface area contributed by atoms with Crippen molar-refractivity contribution in [2.75, 3.05) is 13.1 Å². The van der Waals surface area contributed by atoms with E-state index in [-0.39, 0.29) is 11.9 Å². The summed E-state index contributed by atoms with van der Waals surface area (Å²) >= 11 is 0. The first kappa shape index (κ1) is 18.7. The van der Waals surface area contributed by atoms with Gasteiger partial charge in [0.05, 0.1) is 4.90 Å². The van der Waals surface area contributed by atoms with Crippen molar-refractivity contribution < 1.29 is 26.4 Å². The Bertz CT molecular complexity index is 679. The SMILES string of the molecule is CC(=O)NC1CCN(Cc2ccc(S(=O)(=O)C(F)(F)F)cc2)CC1. The van der Waals surface area contributed by atoms with Crippen molar-refractivity contribution in [3.05, 3.63) is 29.8 Å². The van der Waals surface area contributed by atoms with Crippen LogP contribution < -0.4 is 5.32 Å². The number of carbonyl (C=O) groups excluding carboxylic acids is 1. The minimum absolute atomic E-state index is 0.0603. The zero-order valence-electron chi connectivity index (χ0n) is 13.1. The number of likely N-dealkylation sites (tertiary alicyclic amines) is 1. The number of benzene rings is 1. The van der Waals surface area contributed by atoms with Crippen molar-refractivity contribution >= 4 is 15.7 Å². The molecule has 1 aliphatic rings. The van der Waals surface area contributed by atoms with Crippen LogP contribution in [-0.2, 0) is 21.2 Å². The van der Waals surface area contributed by atoms with E-state index in [9.17, 15) is 26.4 Å². The summed E-state index contributed by atoms with van der Waals surface area (Å²) in [5.74, 6) is -0.0603. The van der Waals surface area contributed by atoms with Crippen molar-refractivity contribution in [3.8, 4) is 0 Å². The van der Waals surface area contributed by atoms with Crippen molar-refractivity contribution in [2.24, 2.45) is 0 Å². The van der Waals surface area contributed by atoms with Gasteiger partial charge in [0.1, 0.15) is 0 Å². The van der Waals surface area contributed by atoms with Gasteiger partial charge in [0.2, 0.25) is 5.91 Å². The van der Waals surface area contributed by atoms with E-state index in [2.05, 4.69) is 10.2 Å². The second kappa shape index (κ2) is 7.10. The van der Waals surface area contributed by atoms with Gasteiger partial charge in [-0.25, -0.2) is 8.42 Å². The Hall–Kier alpha value is -1.61. The molecule has 1 aliphatic heterocycles. The molecule has 134 valence electrons. The summed E-state index contributed by atoms with van der Waals surface area (Å²) < 4.78 is 60.1. The number of rotatable bonds is 4. The van der Waals surface area contributed by atoms with Crippen LogP contribution in [0.25, 0.3) is 0 Å². The number of amides is 1. The lowest BCUT2D eigenvalue weighted by molar-refractivity contribution is -0.120. The first-order valence-electron chi connectivity index (χ1n) is 7.49. The number of nitrogens with zero attached hydrogens (tertiary/aromatic N) is 1. The molecule has 0 radical (unpaired) electrons. The number of halogens is 3. The van der Waals surface area contributed by atoms with E-state index in [0.717, 1.165) is 43.6 Å². The normalized spacial score (nSPS) is 17.7. The van der Waals surface area contributed by atoms with Crippen molar-refractivity contribution in [2.45, 2.75) is 42.8 Å². The van der Waals surface area contributed by atoms with Crippen LogP contribution in [0.15, 0.2) is 29.2 Å². The lowest BCUT2D eigenvalue weighted by Gasteiger charge is -2.32. The zero-order chi connectivity index (χ0) is 18.0. The van der Waals surface area contributed by atoms with Gasteiger partial charge in [0.25, 0.3) is 9.84 Å². The third-order valence-electron chi connectivity index (χ3n) is 3.94. The standard InChI is InChI=1S/C15H19F3N2O3S/c1-11(21)19-13-6-8-20(9-7-13)10-12-2-4-14(5-3-12)24(22,23)15(16,17)18/h2-5,13H,6-10H2,1H3,(H,19,21). The fraction of sp³-hybridized carbons (Fsp3) is 0.533. The highest BCUT2D eigenvalue weighted by atomic mass is 32.2. The zero-order valence-corrected chi connectivity index (χ0v) is 14.0. The highest BCUT2D eigenvalue weighted by molar-refractivity contribution is 7.92. The second-order valence-electron chi connectivity index (χ2n) is 5.84. The topological polar surface area (TPSA) is 66.5 Å². The highest BCUT2D eigenvalue weighted by Gasteiger charge is 2.46. The Balaban J connectivity index is 1.95. The van der Waals surface area contributed by atoms with E-state index in [0.29, 0.717) is 6.54 Å². The van der Waals surface area contributed by atoms with Gasteiger partial charge in [0, 0.05) is 32.6 Å². The van der Waals surface area contributed by atoms with Gasteiger partial charge < -0.3 is 5.32 Å². The Kier molecular flexibility index (Phi) is 5.54. The van der Waals surface area contributed by atoms with E-state index in [1.165, 1.54) is 19.1 Å². The number of sulfone groups is 1. The summed E-state index contributed by atoms with van der Waals surface area (Å²) in [6.07, 6.45) is 1.61. The predicted molar refractivity (Wildman–Crippen MR) is 81.8 cm³/mol. The largest absolute Gasteiger partial charge is 0.501 e. The number of nitrogens with one attached hydrogen (secondary N) is 1. The molecular weight excluding hydrogens is 345 g/mol. The predicted octanol–water partition coefficient (Wildman–Crippen LogP) is 2.08. The van der Waals surface area contributed by atoms with Crippen molar-refractivity contribution in [3.63, 3.8) is 0 Å². The molecule has 0 aromatic heterocycles. The van der Waals surface area contributed by atoms with Crippen LogP contribution in [0.5, 0.6) is 0 Å². The lowest BCUT2D eigenvalue weighted by Crippen LogP contribution is -2.43. The molecule has 0 aliphatic carbocycles. The monoisotopic (exact) mass is 364 g/mol. The smallest absolute Gasteiger partial charge is 0.354 e. The maximum atomic E-state index is 12.5. The molecule has 0 saturated carbocycles. The van der Waals surface area contributed by atoms with Crippen LogP contribution in [0.2, 0.25) is 0 Å². The van der Waals surface area contributed by atoms with Gasteiger partial charge in [-0.15, -0.1) is 0 Å². The molecule has 1 N–H and O–H groups in total. The van der Waals surface area contributed by atoms with Crippen LogP contribution in [0.3, 0.4) is 0 Å². The summed E-state index contributed by atoms with van der Waals surface area (Å²) in [6.45, 7) is 3.52. The molecule has 0 atom stereocenters. The number of hydrogen-bond acceptors (Lipinski definition) is 4. The molecule has 1 aromatic rings. The van der Waals surface area contributed by atoms with Gasteiger partial charge in [-0.3, -0.25) is 9.69 Å². The van der Waals surface area contributed by atoms with E-state index < -0.39 is 20.2 Å². The van der Waals surface area contributed by atoms with E-state index in [1.807, 2.05) is 0 Å². The number of carbonyl (C=O) groups is 1. The van der Waals surface area contributed by atoms with Crippen molar-refractivity contribution in [1.82, 2.24) is 10.2 Å². The maximum absolute atomic E-state index is 12.5. The molecule has 24 heavy (non-hydrogen) atoms. The minimum atomic E-state index is -5.30. The van der Waals surface area contributed by atoms with E-state index in [4.69, 9.17) is 0 Å². The average molecular weight is 364 g/mol.